The van der Waals surface area contributed by atoms with Crippen molar-refractivity contribution >= 4 is 0 Å². The van der Waals surface area contributed by atoms with Crippen LogP contribution in [0.1, 0.15) is 32.3 Å². The van der Waals surface area contributed by atoms with E-state index in [1.807, 2.05) is 21.6 Å². The zero-order valence-electron chi connectivity index (χ0n) is 11.9. The van der Waals surface area contributed by atoms with E-state index in [0.29, 0.717) is 12.5 Å². The average molecular weight is 262 g/mol. The van der Waals surface area contributed by atoms with Crippen molar-refractivity contribution in [1.82, 2.24) is 29.9 Å². The Hall–Kier alpha value is -1.69. The second kappa shape index (κ2) is 6.47. The van der Waals surface area contributed by atoms with Crippen LogP contribution in [-0.2, 0) is 19.6 Å². The van der Waals surface area contributed by atoms with E-state index >= 15 is 0 Å². The third-order valence-electron chi connectivity index (χ3n) is 2.95. The number of nitrogens with zero attached hydrogens (tertiary/aromatic N) is 5. The van der Waals surface area contributed by atoms with Crippen molar-refractivity contribution in [3.63, 3.8) is 0 Å². The van der Waals surface area contributed by atoms with Gasteiger partial charge in [-0.15, -0.1) is 0 Å². The minimum atomic E-state index is 0.652. The maximum absolute atomic E-state index is 4.36. The average Bonchev–Trinajstić information content (AvgIpc) is 2.99. The molecule has 19 heavy (non-hydrogen) atoms. The first-order valence-corrected chi connectivity index (χ1v) is 6.78. The molecule has 0 aliphatic rings. The molecule has 6 heteroatoms. The molecule has 0 bridgehead atoms. The van der Waals surface area contributed by atoms with E-state index in [0.717, 1.165) is 25.5 Å². The smallest absolute Gasteiger partial charge is 0.148 e. The summed E-state index contributed by atoms with van der Waals surface area (Å²) in [6, 6.07) is 2.04. The molecule has 0 saturated heterocycles. The molecule has 0 atom stereocenters. The second-order valence-corrected chi connectivity index (χ2v) is 5.00. The normalized spacial score (nSPS) is 11.4. The molecule has 0 radical (unpaired) electrons. The summed E-state index contributed by atoms with van der Waals surface area (Å²) < 4.78 is 3.87. The van der Waals surface area contributed by atoms with Gasteiger partial charge in [0.25, 0.3) is 0 Å². The van der Waals surface area contributed by atoms with Gasteiger partial charge in [-0.05, 0) is 25.5 Å². The summed E-state index contributed by atoms with van der Waals surface area (Å²) in [5.74, 6) is 1.59. The van der Waals surface area contributed by atoms with Crippen LogP contribution < -0.4 is 5.32 Å². The number of hydrogen-bond acceptors (Lipinski definition) is 4. The Morgan fingerprint density at radius 1 is 1.26 bits per heavy atom. The van der Waals surface area contributed by atoms with Gasteiger partial charge in [0, 0.05) is 19.3 Å². The van der Waals surface area contributed by atoms with Gasteiger partial charge in [0.05, 0.1) is 5.69 Å². The van der Waals surface area contributed by atoms with Gasteiger partial charge in [-0.1, -0.05) is 13.8 Å². The highest BCUT2D eigenvalue weighted by Gasteiger charge is 2.08. The summed E-state index contributed by atoms with van der Waals surface area (Å²) in [5, 5.41) is 12.0. The van der Waals surface area contributed by atoms with E-state index in [2.05, 4.69) is 41.3 Å². The molecule has 0 aromatic carbocycles. The van der Waals surface area contributed by atoms with Gasteiger partial charge in [0.1, 0.15) is 18.7 Å². The van der Waals surface area contributed by atoms with E-state index in [1.165, 1.54) is 5.69 Å². The molecule has 0 aliphatic carbocycles. The van der Waals surface area contributed by atoms with Crippen molar-refractivity contribution in [2.75, 3.05) is 6.54 Å². The first kappa shape index (κ1) is 13.7. The molecule has 104 valence electrons. The van der Waals surface area contributed by atoms with Gasteiger partial charge < -0.3 is 5.32 Å². The summed E-state index contributed by atoms with van der Waals surface area (Å²) in [7, 11) is 0. The van der Waals surface area contributed by atoms with Crippen LogP contribution in [0.5, 0.6) is 0 Å². The molecule has 1 N–H and O–H groups in total. The maximum atomic E-state index is 4.36. The quantitative estimate of drug-likeness (QED) is 0.817. The summed E-state index contributed by atoms with van der Waals surface area (Å²) in [6.45, 7) is 9.81. The minimum Gasteiger partial charge on any atom is -0.311 e. The molecule has 0 aliphatic heterocycles. The van der Waals surface area contributed by atoms with Crippen molar-refractivity contribution in [3.8, 4) is 0 Å². The first-order chi connectivity index (χ1) is 9.20. The van der Waals surface area contributed by atoms with Crippen molar-refractivity contribution in [1.29, 1.82) is 0 Å². The van der Waals surface area contributed by atoms with Crippen LogP contribution in [-0.4, -0.2) is 31.1 Å². The van der Waals surface area contributed by atoms with E-state index < -0.39 is 0 Å². The fourth-order valence-electron chi connectivity index (χ4n) is 1.95. The lowest BCUT2D eigenvalue weighted by Gasteiger charge is -2.10. The molecular weight excluding hydrogens is 240 g/mol. The lowest BCUT2D eigenvalue weighted by atomic mass is 10.2. The SMILES string of the molecule is CCn1ncnc1Cn1nccc1CNCC(C)C. The minimum absolute atomic E-state index is 0.652. The van der Waals surface area contributed by atoms with Gasteiger partial charge in [-0.25, -0.2) is 9.67 Å². The molecule has 2 aromatic rings. The summed E-state index contributed by atoms with van der Waals surface area (Å²) in [5.41, 5.74) is 1.17. The Balaban J connectivity index is 1.99. The molecule has 0 unspecified atom stereocenters. The van der Waals surface area contributed by atoms with Gasteiger partial charge >= 0.3 is 0 Å². The van der Waals surface area contributed by atoms with E-state index in [-0.39, 0.29) is 0 Å². The van der Waals surface area contributed by atoms with Crippen molar-refractivity contribution in [2.45, 2.75) is 40.4 Å². The van der Waals surface area contributed by atoms with Crippen LogP contribution in [0, 0.1) is 5.92 Å². The number of aromatic nitrogens is 5. The van der Waals surface area contributed by atoms with E-state index in [9.17, 15) is 0 Å². The number of aryl methyl sites for hydroxylation is 1. The molecular formula is C13H22N6. The topological polar surface area (TPSA) is 60.6 Å². The Kier molecular flexibility index (Phi) is 4.68. The van der Waals surface area contributed by atoms with Crippen molar-refractivity contribution in [3.05, 3.63) is 30.1 Å². The predicted molar refractivity (Wildman–Crippen MR) is 73.6 cm³/mol. The Bertz CT molecular complexity index is 499. The fourth-order valence-corrected chi connectivity index (χ4v) is 1.95. The highest BCUT2D eigenvalue weighted by Crippen LogP contribution is 2.04. The lowest BCUT2D eigenvalue weighted by molar-refractivity contribution is 0.515. The van der Waals surface area contributed by atoms with Crippen LogP contribution in [0.25, 0.3) is 0 Å². The number of nitrogens with one attached hydrogen (secondary N) is 1. The molecule has 0 amide bonds. The monoisotopic (exact) mass is 262 g/mol. The molecule has 6 nitrogen and oxygen atoms in total. The van der Waals surface area contributed by atoms with Crippen molar-refractivity contribution in [2.24, 2.45) is 5.92 Å². The molecule has 2 rings (SSSR count). The summed E-state index contributed by atoms with van der Waals surface area (Å²) in [4.78, 5) is 4.28. The van der Waals surface area contributed by atoms with E-state index in [4.69, 9.17) is 0 Å². The summed E-state index contributed by atoms with van der Waals surface area (Å²) in [6.07, 6.45) is 3.43. The number of hydrogen-bond donors (Lipinski definition) is 1. The van der Waals surface area contributed by atoms with Gasteiger partial charge in [0.2, 0.25) is 0 Å². The van der Waals surface area contributed by atoms with E-state index in [1.54, 1.807) is 6.33 Å². The first-order valence-electron chi connectivity index (χ1n) is 6.78. The predicted octanol–water partition coefficient (Wildman–Crippen LogP) is 1.29. The Morgan fingerprint density at radius 2 is 2.11 bits per heavy atom. The summed E-state index contributed by atoms with van der Waals surface area (Å²) >= 11 is 0. The molecule has 2 aromatic heterocycles. The largest absolute Gasteiger partial charge is 0.311 e. The molecule has 0 fully saturated rings. The highest BCUT2D eigenvalue weighted by atomic mass is 15.4. The molecule has 2 heterocycles. The molecule has 0 saturated carbocycles. The van der Waals surface area contributed by atoms with Crippen LogP contribution >= 0.6 is 0 Å². The lowest BCUT2D eigenvalue weighted by Crippen LogP contribution is -2.22. The standard InChI is InChI=1S/C13H22N6/c1-4-18-13(15-10-17-18)9-19-12(5-6-16-19)8-14-7-11(2)3/h5-6,10-11,14H,4,7-9H2,1-3H3. The van der Waals surface area contributed by atoms with Gasteiger partial charge in [-0.2, -0.15) is 10.2 Å². The van der Waals surface area contributed by atoms with Gasteiger partial charge in [0.15, 0.2) is 0 Å². The van der Waals surface area contributed by atoms with Crippen LogP contribution in [0.2, 0.25) is 0 Å². The van der Waals surface area contributed by atoms with Crippen LogP contribution in [0.4, 0.5) is 0 Å². The maximum Gasteiger partial charge on any atom is 0.148 e. The Labute approximate surface area is 113 Å². The molecule has 0 spiro atoms. The fraction of sp³-hybridized carbons (Fsp3) is 0.615. The van der Waals surface area contributed by atoms with Crippen molar-refractivity contribution < 1.29 is 0 Å². The van der Waals surface area contributed by atoms with Crippen LogP contribution in [0.3, 0.4) is 0 Å². The number of rotatable bonds is 7. The Morgan fingerprint density at radius 3 is 2.84 bits per heavy atom. The third-order valence-corrected chi connectivity index (χ3v) is 2.95. The van der Waals surface area contributed by atoms with Gasteiger partial charge in [-0.3, -0.25) is 4.68 Å². The highest BCUT2D eigenvalue weighted by molar-refractivity contribution is 5.02. The zero-order chi connectivity index (χ0) is 13.7. The third kappa shape index (κ3) is 3.64. The zero-order valence-corrected chi connectivity index (χ0v) is 11.9. The van der Waals surface area contributed by atoms with Crippen LogP contribution in [0.15, 0.2) is 18.6 Å². The second-order valence-electron chi connectivity index (χ2n) is 5.00.